The lowest BCUT2D eigenvalue weighted by atomic mass is 9.43. The summed E-state index contributed by atoms with van der Waals surface area (Å²) in [6.45, 7) is 22.6. The number of ether oxygens (including phenoxy) is 3. The summed E-state index contributed by atoms with van der Waals surface area (Å²) in [7, 11) is 1.77. The van der Waals surface area contributed by atoms with E-state index in [9.17, 15) is 33.9 Å². The summed E-state index contributed by atoms with van der Waals surface area (Å²) in [5, 5.41) is 17.0. The largest absolute Gasteiger partial charge is 0.445 e. The molecular weight excluding hydrogens is 996 g/mol. The maximum Gasteiger partial charge on any atom is 0.414 e. The quantitative estimate of drug-likeness (QED) is 0.167. The van der Waals surface area contributed by atoms with Crippen LogP contribution in [-0.4, -0.2) is 133 Å². The van der Waals surface area contributed by atoms with Gasteiger partial charge in [-0.2, -0.15) is 0 Å². The minimum absolute atomic E-state index is 0.0177. The molecule has 10 rings (SSSR count). The molecule has 10 fully saturated rings. The number of piperidine rings is 2. The van der Waals surface area contributed by atoms with E-state index in [1.807, 2.05) is 6.92 Å². The van der Waals surface area contributed by atoms with Crippen LogP contribution < -0.4 is 10.6 Å². The first-order chi connectivity index (χ1) is 35.5. The van der Waals surface area contributed by atoms with Crippen molar-refractivity contribution in [2.24, 2.45) is 91.7 Å². The molecule has 0 spiro atoms. The molecule has 0 radical (unpaired) electrons. The monoisotopic (exact) mass is 1090 g/mol. The number of fused-ring (bicyclic) bond motifs is 4. The molecule has 10 aliphatic rings. The Balaban J connectivity index is 0.000000184. The molecule has 4 aliphatic heterocycles. The van der Waals surface area contributed by atoms with E-state index in [1.165, 1.54) is 0 Å². The summed E-state index contributed by atoms with van der Waals surface area (Å²) >= 11 is 12.2. The van der Waals surface area contributed by atoms with E-state index in [2.05, 4.69) is 68.9 Å². The standard InChI is InChI=1S/C30H47ClN2O5.C29H45ClN2O5/c1-18-7-11-30-12-8-22(37-5)24(30)29(18,4)23(15-28(3,10-6-13-31)25(34)19(30)2)38-27(36)32-26(35)21-17-33-14-9-20(21)16-33;1-17-6-10-29-11-7-21(33)23(29)28(17,4)22(14-27(3,9-5-12-30)24(34)18(29)2)37-26(36)31-25(35)20-16-32-13-8-19(20)15-32/h18-24H,6-17H2,1-5H3,(H,32,35,36);17-20,22-24,34H,5-16H2,1-4H3,(H,31,35,36)/t18-,19+,20-,21+,22-,23-,24?,28-,29+,30?;17-,18+,19-,20+,22-,23?,24+,27-,28+,29?/m11/s1. The van der Waals surface area contributed by atoms with Gasteiger partial charge in [0.25, 0.3) is 0 Å². The number of Topliss-reactive ketones (excluding diaryl/α,β-unsaturated/α-hetero) is 2. The molecule has 16 heteroatoms. The van der Waals surface area contributed by atoms with Gasteiger partial charge in [-0.15, -0.1) is 23.2 Å². The van der Waals surface area contributed by atoms with Crippen LogP contribution in [0.2, 0.25) is 0 Å². The number of carbonyl (C=O) groups is 6. The summed E-state index contributed by atoms with van der Waals surface area (Å²) < 4.78 is 18.6. The third-order valence-electron chi connectivity index (χ3n) is 24.1. The number of hydrogen-bond donors (Lipinski definition) is 3. The zero-order valence-corrected chi connectivity index (χ0v) is 48.3. The van der Waals surface area contributed by atoms with E-state index in [1.54, 1.807) is 7.11 Å². The molecule has 75 heavy (non-hydrogen) atoms. The van der Waals surface area contributed by atoms with Gasteiger partial charge in [0.1, 0.15) is 23.8 Å². The average molecular weight is 1090 g/mol. The Labute approximate surface area is 457 Å². The Bertz CT molecular complexity index is 2200. The molecule has 4 amide bonds. The second-order valence-electron chi connectivity index (χ2n) is 27.4. The van der Waals surface area contributed by atoms with Gasteiger partial charge in [-0.1, -0.05) is 55.4 Å². The molecule has 8 bridgehead atoms. The van der Waals surface area contributed by atoms with Crippen LogP contribution in [0.15, 0.2) is 0 Å². The lowest BCUT2D eigenvalue weighted by molar-refractivity contribution is -0.199. The van der Waals surface area contributed by atoms with Gasteiger partial charge in [0.05, 0.1) is 24.0 Å². The molecule has 0 aromatic heterocycles. The summed E-state index contributed by atoms with van der Waals surface area (Å²) in [4.78, 5) is 85.2. The Morgan fingerprint density at radius 3 is 1.72 bits per heavy atom. The van der Waals surface area contributed by atoms with E-state index in [-0.39, 0.29) is 93.1 Å². The van der Waals surface area contributed by atoms with Crippen LogP contribution in [0.1, 0.15) is 158 Å². The number of aliphatic hydroxyl groups excluding tert-OH is 1. The van der Waals surface area contributed by atoms with Crippen LogP contribution in [0.3, 0.4) is 0 Å². The number of rotatable bonds is 11. The number of alkyl halides is 2. The van der Waals surface area contributed by atoms with Crippen molar-refractivity contribution >= 4 is 58.8 Å². The number of aliphatic hydroxyl groups is 1. The predicted octanol–water partition coefficient (Wildman–Crippen LogP) is 9.43. The van der Waals surface area contributed by atoms with E-state index >= 15 is 0 Å². The Kier molecular flexibility index (Phi) is 16.5. The number of carbonyl (C=O) groups excluding carboxylic acids is 6. The maximum atomic E-state index is 14.3. The SMILES string of the molecule is CO[C@@H]1CCC23CC[C@@H](C)[C@](C)(C12)[C@H](OC(=O)NC(=O)[C@H]1CN2CC[C@@H]1C2)C[C@@](C)(CCCCl)C(=O)[C@@H]3C.C[C@@H]1CCC23CCC(=O)C2[C@]1(C)[C@H](OC(=O)NC(=O)[C@H]1CN2CC[C@@H]1C2)C[C@@](C)(CCCCl)[C@@H](O)[C@@H]3C. The second kappa shape index (κ2) is 21.6. The van der Waals surface area contributed by atoms with Crippen LogP contribution >= 0.6 is 23.2 Å². The third-order valence-corrected chi connectivity index (χ3v) is 24.6. The maximum absolute atomic E-state index is 14.3. The van der Waals surface area contributed by atoms with Gasteiger partial charge < -0.3 is 29.1 Å². The molecule has 4 heterocycles. The van der Waals surface area contributed by atoms with Gasteiger partial charge in [0.15, 0.2) is 0 Å². The van der Waals surface area contributed by atoms with E-state index in [0.29, 0.717) is 68.8 Å². The number of nitrogens with zero attached hydrogens (tertiary/aromatic N) is 2. The minimum Gasteiger partial charge on any atom is -0.445 e. The molecule has 3 N–H and O–H groups in total. The number of amides is 4. The van der Waals surface area contributed by atoms with Crippen LogP contribution in [-0.2, 0) is 33.4 Å². The number of nitrogens with one attached hydrogen (secondary N) is 2. The Morgan fingerprint density at radius 1 is 0.680 bits per heavy atom. The average Bonchev–Trinajstić information content (AvgIpc) is 4.27. The molecule has 6 saturated carbocycles. The lowest BCUT2D eigenvalue weighted by Gasteiger charge is -2.62. The summed E-state index contributed by atoms with van der Waals surface area (Å²) in [6, 6.07) is 0. The lowest BCUT2D eigenvalue weighted by Crippen LogP contribution is -2.63. The fourth-order valence-electron chi connectivity index (χ4n) is 19.3. The van der Waals surface area contributed by atoms with Gasteiger partial charge in [0, 0.05) is 85.5 Å². The Morgan fingerprint density at radius 2 is 1.20 bits per heavy atom. The molecule has 0 aromatic rings. The van der Waals surface area contributed by atoms with E-state index in [0.717, 1.165) is 96.8 Å². The van der Waals surface area contributed by atoms with Crippen LogP contribution in [0.4, 0.5) is 9.59 Å². The highest BCUT2D eigenvalue weighted by atomic mass is 35.5. The Hall–Kier alpha value is -2.36. The van der Waals surface area contributed by atoms with Crippen molar-refractivity contribution in [1.82, 2.24) is 20.4 Å². The third kappa shape index (κ3) is 9.66. The number of alkyl carbamates (subject to hydrolysis) is 2. The van der Waals surface area contributed by atoms with Crippen LogP contribution in [0.5, 0.6) is 0 Å². The summed E-state index contributed by atoms with van der Waals surface area (Å²) in [5.74, 6) is 1.44. The van der Waals surface area contributed by atoms with Crippen molar-refractivity contribution < 1.29 is 48.1 Å². The molecule has 422 valence electrons. The van der Waals surface area contributed by atoms with Crippen LogP contribution in [0, 0.1) is 91.7 Å². The first kappa shape index (κ1) is 57.3. The van der Waals surface area contributed by atoms with Crippen molar-refractivity contribution in [2.45, 2.75) is 183 Å². The van der Waals surface area contributed by atoms with Gasteiger partial charge in [-0.25, -0.2) is 9.59 Å². The number of ketones is 2. The van der Waals surface area contributed by atoms with Crippen molar-refractivity contribution in [3.63, 3.8) is 0 Å². The highest BCUT2D eigenvalue weighted by Gasteiger charge is 2.70. The smallest absolute Gasteiger partial charge is 0.414 e. The zero-order chi connectivity index (χ0) is 54.2. The van der Waals surface area contributed by atoms with E-state index < -0.39 is 46.7 Å². The molecule has 22 atom stereocenters. The number of methoxy groups -OCH3 is 1. The second-order valence-corrected chi connectivity index (χ2v) is 28.1. The molecule has 4 saturated heterocycles. The fraction of sp³-hybridized carbons (Fsp3) is 0.898. The fourth-order valence-corrected chi connectivity index (χ4v) is 19.6. The van der Waals surface area contributed by atoms with Gasteiger partial charge in [-0.05, 0) is 155 Å². The first-order valence-corrected chi connectivity index (χ1v) is 30.4. The van der Waals surface area contributed by atoms with Crippen molar-refractivity contribution in [3.05, 3.63) is 0 Å². The van der Waals surface area contributed by atoms with Crippen LogP contribution in [0.25, 0.3) is 0 Å². The molecule has 0 aromatic carbocycles. The van der Waals surface area contributed by atoms with Gasteiger partial charge >= 0.3 is 12.2 Å². The van der Waals surface area contributed by atoms with Crippen molar-refractivity contribution in [3.8, 4) is 0 Å². The van der Waals surface area contributed by atoms with Gasteiger partial charge in [0.2, 0.25) is 11.8 Å². The summed E-state index contributed by atoms with van der Waals surface area (Å²) in [5.41, 5.74) is -2.60. The van der Waals surface area contributed by atoms with Crippen molar-refractivity contribution in [2.75, 3.05) is 58.1 Å². The van der Waals surface area contributed by atoms with E-state index in [4.69, 9.17) is 37.4 Å². The zero-order valence-electron chi connectivity index (χ0n) is 46.8. The summed E-state index contributed by atoms with van der Waals surface area (Å²) in [6.07, 6.45) is 9.60. The topological polar surface area (TPSA) is 181 Å². The number of hydrogen-bond acceptors (Lipinski definition) is 12. The predicted molar refractivity (Wildman–Crippen MR) is 287 cm³/mol. The molecule has 6 unspecified atom stereocenters. The highest BCUT2D eigenvalue weighted by Crippen LogP contribution is 2.70. The minimum atomic E-state index is -0.717. The molecule has 14 nitrogen and oxygen atoms in total. The number of imide groups is 2. The number of halogens is 2. The highest BCUT2D eigenvalue weighted by molar-refractivity contribution is 6.18. The molecule has 6 aliphatic carbocycles. The molecular formula is C59H92Cl2N4O10. The van der Waals surface area contributed by atoms with Crippen molar-refractivity contribution in [1.29, 1.82) is 0 Å². The normalized spacial score (nSPS) is 48.3. The first-order valence-electron chi connectivity index (χ1n) is 29.3. The van der Waals surface area contributed by atoms with Gasteiger partial charge in [-0.3, -0.25) is 29.8 Å².